The van der Waals surface area contributed by atoms with E-state index in [-0.39, 0.29) is 18.3 Å². The van der Waals surface area contributed by atoms with Gasteiger partial charge in [-0.3, -0.25) is 19.2 Å². The largest absolute Gasteiger partial charge is 0.480 e. The number of amides is 4. The summed E-state index contributed by atoms with van der Waals surface area (Å²) < 4.78 is 0. The van der Waals surface area contributed by atoms with Gasteiger partial charge in [-0.25, -0.2) is 4.79 Å². The number of aliphatic carboxylic acids is 1. The molecule has 0 saturated heterocycles. The average Bonchev–Trinajstić information content (AvgIpc) is 2.66. The Hall–Kier alpha value is -2.34. The van der Waals surface area contributed by atoms with Crippen LogP contribution in [0.2, 0.25) is 0 Å². The Labute approximate surface area is 193 Å². The summed E-state index contributed by atoms with van der Waals surface area (Å²) in [5, 5.41) is 16.7. The summed E-state index contributed by atoms with van der Waals surface area (Å²) in [7, 11) is 0. The third kappa shape index (κ3) is 11.3. The van der Waals surface area contributed by atoms with Crippen LogP contribution < -0.4 is 27.4 Å². The Morgan fingerprint density at radius 1 is 0.906 bits per heavy atom. The van der Waals surface area contributed by atoms with Crippen LogP contribution in [0, 0.1) is 11.8 Å². The van der Waals surface area contributed by atoms with Gasteiger partial charge in [0.05, 0.1) is 12.5 Å². The van der Waals surface area contributed by atoms with Crippen molar-refractivity contribution >= 4 is 41.4 Å². The first-order valence-electron chi connectivity index (χ1n) is 10.5. The SMILES string of the molecule is CSCCC(NC(=O)C(NC(=O)C(N)CC(C)C)C(C)C)C(=O)NC(CC(N)=O)C(=O)O. The molecule has 184 valence electrons. The van der Waals surface area contributed by atoms with Crippen molar-refractivity contribution in [1.29, 1.82) is 0 Å². The Morgan fingerprint density at radius 3 is 1.91 bits per heavy atom. The number of carboxylic acid groups (broad SMARTS) is 1. The molecule has 8 N–H and O–H groups in total. The molecule has 0 aliphatic carbocycles. The Kier molecular flexibility index (Phi) is 13.6. The van der Waals surface area contributed by atoms with Crippen LogP contribution in [0.5, 0.6) is 0 Å². The van der Waals surface area contributed by atoms with E-state index in [1.54, 1.807) is 13.8 Å². The first-order chi connectivity index (χ1) is 14.8. The number of thioether (sulfide) groups is 1. The van der Waals surface area contributed by atoms with Crippen LogP contribution >= 0.6 is 11.8 Å². The second-order valence-electron chi connectivity index (χ2n) is 8.38. The molecule has 0 aliphatic rings. The number of carboxylic acids is 1. The summed E-state index contributed by atoms with van der Waals surface area (Å²) in [5.74, 6) is -3.71. The van der Waals surface area contributed by atoms with Crippen molar-refractivity contribution in [1.82, 2.24) is 16.0 Å². The molecule has 0 rings (SSSR count). The van der Waals surface area contributed by atoms with Gasteiger partial charge in [0.1, 0.15) is 18.1 Å². The second-order valence-corrected chi connectivity index (χ2v) is 9.36. The van der Waals surface area contributed by atoms with Crippen LogP contribution in [0.15, 0.2) is 0 Å². The second kappa shape index (κ2) is 14.7. The molecule has 0 fully saturated rings. The molecule has 12 heteroatoms. The molecule has 4 atom stereocenters. The minimum absolute atomic E-state index is 0.198. The lowest BCUT2D eigenvalue weighted by Gasteiger charge is -2.27. The fraction of sp³-hybridized carbons (Fsp3) is 0.750. The van der Waals surface area contributed by atoms with Crippen LogP contribution in [0.4, 0.5) is 0 Å². The van der Waals surface area contributed by atoms with Crippen molar-refractivity contribution in [2.75, 3.05) is 12.0 Å². The van der Waals surface area contributed by atoms with Crippen molar-refractivity contribution in [3.8, 4) is 0 Å². The van der Waals surface area contributed by atoms with Gasteiger partial charge in [-0.2, -0.15) is 11.8 Å². The average molecular weight is 476 g/mol. The van der Waals surface area contributed by atoms with E-state index in [2.05, 4.69) is 16.0 Å². The maximum atomic E-state index is 12.9. The molecule has 11 nitrogen and oxygen atoms in total. The van der Waals surface area contributed by atoms with Gasteiger partial charge in [-0.1, -0.05) is 27.7 Å². The maximum Gasteiger partial charge on any atom is 0.326 e. The Bertz CT molecular complexity index is 673. The normalized spacial score (nSPS) is 14.9. The molecule has 0 aliphatic heterocycles. The molecule has 0 aromatic carbocycles. The fourth-order valence-electron chi connectivity index (χ4n) is 2.85. The predicted molar refractivity (Wildman–Crippen MR) is 123 cm³/mol. The molecule has 4 unspecified atom stereocenters. The van der Waals surface area contributed by atoms with Gasteiger partial charge in [-0.15, -0.1) is 0 Å². The molecule has 0 bridgehead atoms. The van der Waals surface area contributed by atoms with Crippen molar-refractivity contribution < 1.29 is 29.1 Å². The van der Waals surface area contributed by atoms with E-state index in [4.69, 9.17) is 11.5 Å². The van der Waals surface area contributed by atoms with Gasteiger partial charge in [0.25, 0.3) is 0 Å². The monoisotopic (exact) mass is 475 g/mol. The van der Waals surface area contributed by atoms with Gasteiger partial charge >= 0.3 is 5.97 Å². The summed E-state index contributed by atoms with van der Waals surface area (Å²) in [5.41, 5.74) is 10.9. The molecule has 0 radical (unpaired) electrons. The molecule has 32 heavy (non-hydrogen) atoms. The van der Waals surface area contributed by atoms with Gasteiger partial charge in [0, 0.05) is 0 Å². The quantitative estimate of drug-likeness (QED) is 0.177. The van der Waals surface area contributed by atoms with Crippen molar-refractivity contribution in [2.24, 2.45) is 23.3 Å². The predicted octanol–water partition coefficient (Wildman–Crippen LogP) is -0.817. The zero-order valence-electron chi connectivity index (χ0n) is 19.3. The van der Waals surface area contributed by atoms with E-state index < -0.39 is 60.2 Å². The smallest absolute Gasteiger partial charge is 0.326 e. The fourth-order valence-corrected chi connectivity index (χ4v) is 3.32. The van der Waals surface area contributed by atoms with Crippen LogP contribution in [0.3, 0.4) is 0 Å². The van der Waals surface area contributed by atoms with Gasteiger partial charge < -0.3 is 32.5 Å². The minimum atomic E-state index is -1.51. The molecular formula is C20H37N5O6S. The number of carbonyl (C=O) groups excluding carboxylic acids is 4. The first kappa shape index (κ1) is 29.7. The molecular weight excluding hydrogens is 438 g/mol. The molecule has 0 aromatic heterocycles. The highest BCUT2D eigenvalue weighted by Crippen LogP contribution is 2.08. The number of nitrogens with two attached hydrogens (primary N) is 2. The van der Waals surface area contributed by atoms with Gasteiger partial charge in [-0.05, 0) is 36.7 Å². The van der Waals surface area contributed by atoms with Crippen LogP contribution in [-0.4, -0.2) is 70.9 Å². The summed E-state index contributed by atoms with van der Waals surface area (Å²) in [4.78, 5) is 60.4. The highest BCUT2D eigenvalue weighted by Gasteiger charge is 2.32. The molecule has 0 spiro atoms. The Morgan fingerprint density at radius 2 is 1.47 bits per heavy atom. The van der Waals surface area contributed by atoms with E-state index in [9.17, 15) is 29.1 Å². The summed E-state index contributed by atoms with van der Waals surface area (Å²) >= 11 is 1.44. The van der Waals surface area contributed by atoms with Crippen LogP contribution in [0.1, 0.15) is 47.0 Å². The van der Waals surface area contributed by atoms with E-state index in [1.807, 2.05) is 20.1 Å². The number of hydrogen-bond acceptors (Lipinski definition) is 7. The number of nitrogens with one attached hydrogen (secondary N) is 3. The number of carbonyl (C=O) groups is 5. The number of hydrogen-bond donors (Lipinski definition) is 6. The first-order valence-corrected chi connectivity index (χ1v) is 11.9. The van der Waals surface area contributed by atoms with E-state index in [1.165, 1.54) is 11.8 Å². The number of rotatable bonds is 15. The third-order valence-corrected chi connectivity index (χ3v) is 5.22. The minimum Gasteiger partial charge on any atom is -0.480 e. The lowest BCUT2D eigenvalue weighted by Crippen LogP contribution is -2.58. The van der Waals surface area contributed by atoms with Gasteiger partial charge in [0.2, 0.25) is 23.6 Å². The van der Waals surface area contributed by atoms with E-state index in [0.717, 1.165) is 0 Å². The van der Waals surface area contributed by atoms with Gasteiger partial charge in [0.15, 0.2) is 0 Å². The Balaban J connectivity index is 5.39. The van der Waals surface area contributed by atoms with E-state index in [0.29, 0.717) is 12.2 Å². The maximum absolute atomic E-state index is 12.9. The van der Waals surface area contributed by atoms with Crippen molar-refractivity contribution in [3.63, 3.8) is 0 Å². The summed E-state index contributed by atoms with van der Waals surface area (Å²) in [6.45, 7) is 7.33. The molecule has 0 saturated carbocycles. The molecule has 4 amide bonds. The third-order valence-electron chi connectivity index (χ3n) is 4.57. The standard InChI is InChI=1S/C20H37N5O6S/c1-10(2)8-12(21)17(27)25-16(11(3)4)19(29)23-13(6-7-32-5)18(28)24-14(20(30)31)9-15(22)26/h10-14,16H,6-9,21H2,1-5H3,(H2,22,26)(H,23,29)(H,24,28)(H,25,27)(H,30,31). The summed E-state index contributed by atoms with van der Waals surface area (Å²) in [6, 6.07) is -4.29. The van der Waals surface area contributed by atoms with Crippen molar-refractivity contribution in [3.05, 3.63) is 0 Å². The molecule has 0 aromatic rings. The lowest BCUT2D eigenvalue weighted by atomic mass is 10.00. The highest BCUT2D eigenvalue weighted by atomic mass is 32.2. The zero-order chi connectivity index (χ0) is 25.0. The van der Waals surface area contributed by atoms with Crippen LogP contribution in [-0.2, 0) is 24.0 Å². The van der Waals surface area contributed by atoms with Crippen LogP contribution in [0.25, 0.3) is 0 Å². The topological polar surface area (TPSA) is 194 Å². The highest BCUT2D eigenvalue weighted by molar-refractivity contribution is 7.98. The molecule has 0 heterocycles. The zero-order valence-corrected chi connectivity index (χ0v) is 20.2. The van der Waals surface area contributed by atoms with Crippen molar-refractivity contribution in [2.45, 2.75) is 71.1 Å². The lowest BCUT2D eigenvalue weighted by molar-refractivity contribution is -0.143. The summed E-state index contributed by atoms with van der Waals surface area (Å²) in [6.07, 6.45) is 1.90. The van der Waals surface area contributed by atoms with E-state index >= 15 is 0 Å². The number of primary amides is 1.